The summed E-state index contributed by atoms with van der Waals surface area (Å²) in [6.45, 7) is 2.56. The minimum Gasteiger partial charge on any atom is -0.399 e. The number of hydrogen-bond acceptors (Lipinski definition) is 3. The van der Waals surface area contributed by atoms with Crippen molar-refractivity contribution in [2.45, 2.75) is 13.5 Å². The number of carbonyl (C=O) groups is 1. The number of thiophene rings is 1. The van der Waals surface area contributed by atoms with Crippen LogP contribution in [0.3, 0.4) is 0 Å². The molecule has 1 aromatic heterocycles. The molecule has 0 aliphatic heterocycles. The highest BCUT2D eigenvalue weighted by Crippen LogP contribution is 2.15. The molecule has 0 fully saturated rings. The number of nitrogens with two attached hydrogens (primary N) is 1. The van der Waals surface area contributed by atoms with Gasteiger partial charge in [-0.3, -0.25) is 4.79 Å². The first kappa shape index (κ1) is 12.6. The van der Waals surface area contributed by atoms with Gasteiger partial charge in [-0.25, -0.2) is 0 Å². The predicted octanol–water partition coefficient (Wildman–Crippen LogP) is 2.91. The number of rotatable bonds is 3. The third kappa shape index (κ3) is 2.90. The van der Waals surface area contributed by atoms with Gasteiger partial charge in [0, 0.05) is 24.8 Å². The monoisotopic (exact) mass is 260 g/mol. The molecule has 0 spiro atoms. The van der Waals surface area contributed by atoms with Gasteiger partial charge in [-0.2, -0.15) is 11.3 Å². The van der Waals surface area contributed by atoms with Gasteiger partial charge in [0.2, 0.25) is 0 Å². The maximum atomic E-state index is 12.2. The predicted molar refractivity (Wildman–Crippen MR) is 75.7 cm³/mol. The van der Waals surface area contributed by atoms with Crippen LogP contribution in [-0.4, -0.2) is 17.9 Å². The SMILES string of the molecule is Cc1cc(N)cc(C(=O)N(C)Cc2ccsc2)c1. The minimum absolute atomic E-state index is 0.00315. The molecule has 4 heteroatoms. The van der Waals surface area contributed by atoms with Crippen LogP contribution < -0.4 is 5.73 Å². The fourth-order valence-corrected chi connectivity index (χ4v) is 2.54. The molecule has 0 aliphatic rings. The summed E-state index contributed by atoms with van der Waals surface area (Å²) in [5.41, 5.74) is 9.19. The van der Waals surface area contributed by atoms with E-state index in [1.54, 1.807) is 29.4 Å². The number of nitrogens with zero attached hydrogens (tertiary/aromatic N) is 1. The van der Waals surface area contributed by atoms with Crippen LogP contribution in [0.2, 0.25) is 0 Å². The molecular weight excluding hydrogens is 244 g/mol. The van der Waals surface area contributed by atoms with Crippen molar-refractivity contribution in [3.8, 4) is 0 Å². The number of amides is 1. The molecule has 0 unspecified atom stereocenters. The molecule has 0 atom stereocenters. The van der Waals surface area contributed by atoms with Crippen molar-refractivity contribution < 1.29 is 4.79 Å². The topological polar surface area (TPSA) is 46.3 Å². The molecule has 0 saturated carbocycles. The highest BCUT2D eigenvalue weighted by molar-refractivity contribution is 7.07. The van der Waals surface area contributed by atoms with Crippen molar-refractivity contribution in [2.24, 2.45) is 0 Å². The molecular formula is C14H16N2OS. The molecule has 1 aromatic carbocycles. The van der Waals surface area contributed by atoms with E-state index in [9.17, 15) is 4.79 Å². The summed E-state index contributed by atoms with van der Waals surface area (Å²) in [6.07, 6.45) is 0. The van der Waals surface area contributed by atoms with Crippen LogP contribution in [0, 0.1) is 6.92 Å². The number of anilines is 1. The van der Waals surface area contributed by atoms with Gasteiger partial charge in [0.1, 0.15) is 0 Å². The molecule has 1 amide bonds. The normalized spacial score (nSPS) is 10.3. The number of carbonyl (C=O) groups excluding carboxylic acids is 1. The Morgan fingerprint density at radius 3 is 2.78 bits per heavy atom. The van der Waals surface area contributed by atoms with E-state index in [1.165, 1.54) is 0 Å². The van der Waals surface area contributed by atoms with Gasteiger partial charge in [-0.05, 0) is 53.1 Å². The van der Waals surface area contributed by atoms with E-state index in [-0.39, 0.29) is 5.91 Å². The molecule has 2 N–H and O–H groups in total. The fraction of sp³-hybridized carbons (Fsp3) is 0.214. The Morgan fingerprint density at radius 2 is 2.17 bits per heavy atom. The van der Waals surface area contributed by atoms with Crippen LogP contribution in [0.5, 0.6) is 0 Å². The molecule has 0 radical (unpaired) electrons. The van der Waals surface area contributed by atoms with Gasteiger partial charge in [-0.1, -0.05) is 0 Å². The van der Waals surface area contributed by atoms with Gasteiger partial charge >= 0.3 is 0 Å². The molecule has 2 aromatic rings. The molecule has 1 heterocycles. The largest absolute Gasteiger partial charge is 0.399 e. The molecule has 3 nitrogen and oxygen atoms in total. The van der Waals surface area contributed by atoms with E-state index in [4.69, 9.17) is 5.73 Å². The second-order valence-corrected chi connectivity index (χ2v) is 5.21. The van der Waals surface area contributed by atoms with Crippen molar-refractivity contribution in [2.75, 3.05) is 12.8 Å². The Kier molecular flexibility index (Phi) is 3.67. The van der Waals surface area contributed by atoms with E-state index in [0.717, 1.165) is 11.1 Å². The first-order valence-electron chi connectivity index (χ1n) is 5.70. The summed E-state index contributed by atoms with van der Waals surface area (Å²) >= 11 is 1.64. The highest BCUT2D eigenvalue weighted by Gasteiger charge is 2.13. The number of aryl methyl sites for hydroxylation is 1. The Labute approximate surface area is 111 Å². The van der Waals surface area contributed by atoms with Crippen LogP contribution in [0.4, 0.5) is 5.69 Å². The van der Waals surface area contributed by atoms with Gasteiger partial charge < -0.3 is 10.6 Å². The van der Waals surface area contributed by atoms with E-state index in [1.807, 2.05) is 35.9 Å². The molecule has 2 rings (SSSR count). The van der Waals surface area contributed by atoms with E-state index < -0.39 is 0 Å². The van der Waals surface area contributed by atoms with Crippen molar-refractivity contribution in [3.63, 3.8) is 0 Å². The smallest absolute Gasteiger partial charge is 0.253 e. The Balaban J connectivity index is 2.15. The van der Waals surface area contributed by atoms with E-state index in [0.29, 0.717) is 17.8 Å². The zero-order valence-corrected chi connectivity index (χ0v) is 11.3. The standard InChI is InChI=1S/C14H16N2OS/c1-10-5-12(7-13(15)6-10)14(17)16(2)8-11-3-4-18-9-11/h3-7,9H,8,15H2,1-2H3. The molecule has 0 bridgehead atoms. The second-order valence-electron chi connectivity index (χ2n) is 4.43. The highest BCUT2D eigenvalue weighted by atomic mass is 32.1. The Hall–Kier alpha value is -1.81. The first-order valence-corrected chi connectivity index (χ1v) is 6.64. The van der Waals surface area contributed by atoms with Crippen LogP contribution in [0.25, 0.3) is 0 Å². The lowest BCUT2D eigenvalue weighted by atomic mass is 10.1. The zero-order valence-electron chi connectivity index (χ0n) is 10.5. The lowest BCUT2D eigenvalue weighted by molar-refractivity contribution is 0.0785. The van der Waals surface area contributed by atoms with Gasteiger partial charge in [0.15, 0.2) is 0 Å². The number of benzene rings is 1. The van der Waals surface area contributed by atoms with Crippen molar-refractivity contribution >= 4 is 22.9 Å². The summed E-state index contributed by atoms with van der Waals surface area (Å²) in [5, 5.41) is 4.06. The van der Waals surface area contributed by atoms with E-state index >= 15 is 0 Å². The second kappa shape index (κ2) is 5.23. The third-order valence-corrected chi connectivity index (χ3v) is 3.43. The quantitative estimate of drug-likeness (QED) is 0.862. The van der Waals surface area contributed by atoms with Crippen molar-refractivity contribution in [3.05, 3.63) is 51.7 Å². The summed E-state index contributed by atoms with van der Waals surface area (Å²) < 4.78 is 0. The first-order chi connectivity index (χ1) is 8.56. The van der Waals surface area contributed by atoms with Gasteiger partial charge in [0.05, 0.1) is 0 Å². The van der Waals surface area contributed by atoms with Crippen LogP contribution >= 0.6 is 11.3 Å². The van der Waals surface area contributed by atoms with Gasteiger partial charge in [-0.15, -0.1) is 0 Å². The fourth-order valence-electron chi connectivity index (χ4n) is 1.88. The van der Waals surface area contributed by atoms with Crippen LogP contribution in [0.15, 0.2) is 35.0 Å². The van der Waals surface area contributed by atoms with Crippen LogP contribution in [0.1, 0.15) is 21.5 Å². The number of hydrogen-bond donors (Lipinski definition) is 1. The summed E-state index contributed by atoms with van der Waals surface area (Å²) in [4.78, 5) is 14.0. The Bertz CT molecular complexity index is 529. The lowest BCUT2D eigenvalue weighted by Crippen LogP contribution is -2.26. The number of nitrogen functional groups attached to an aromatic ring is 1. The zero-order chi connectivity index (χ0) is 13.1. The molecule has 18 heavy (non-hydrogen) atoms. The summed E-state index contributed by atoms with van der Waals surface area (Å²) in [6, 6.07) is 7.47. The average Bonchev–Trinajstić information content (AvgIpc) is 2.79. The third-order valence-electron chi connectivity index (χ3n) is 2.69. The molecule has 0 saturated heterocycles. The molecule has 0 aliphatic carbocycles. The van der Waals surface area contributed by atoms with E-state index in [2.05, 4.69) is 0 Å². The lowest BCUT2D eigenvalue weighted by Gasteiger charge is -2.17. The maximum Gasteiger partial charge on any atom is 0.253 e. The summed E-state index contributed by atoms with van der Waals surface area (Å²) in [7, 11) is 1.80. The Morgan fingerprint density at radius 1 is 1.39 bits per heavy atom. The van der Waals surface area contributed by atoms with Crippen LogP contribution in [-0.2, 0) is 6.54 Å². The maximum absolute atomic E-state index is 12.2. The average molecular weight is 260 g/mol. The van der Waals surface area contributed by atoms with Gasteiger partial charge in [0.25, 0.3) is 5.91 Å². The van der Waals surface area contributed by atoms with Crippen molar-refractivity contribution in [1.29, 1.82) is 0 Å². The summed E-state index contributed by atoms with van der Waals surface area (Å²) in [5.74, 6) is -0.00315. The minimum atomic E-state index is -0.00315. The van der Waals surface area contributed by atoms with Crippen molar-refractivity contribution in [1.82, 2.24) is 4.90 Å². The molecule has 94 valence electrons.